The number of benzene rings is 2. The molecule has 1 aliphatic rings. The van der Waals surface area contributed by atoms with E-state index in [-0.39, 0.29) is 36.6 Å². The smallest absolute Gasteiger partial charge is 0.255 e. The number of carbonyl (C=O) groups excluding carboxylic acids is 2. The molecule has 0 bridgehead atoms. The molecular weight excluding hydrogens is 604 g/mol. The number of pyridine rings is 1. The first-order valence-corrected chi connectivity index (χ1v) is 17.5. The summed E-state index contributed by atoms with van der Waals surface area (Å²) in [6.07, 6.45) is 4.28. The van der Waals surface area contributed by atoms with Crippen LogP contribution in [0.3, 0.4) is 0 Å². The number of carbonyl (C=O) groups is 2. The maximum Gasteiger partial charge on any atom is 0.255 e. The first-order chi connectivity index (χ1) is 22.0. The Labute approximate surface area is 270 Å². The zero-order valence-electron chi connectivity index (χ0n) is 26.7. The Morgan fingerprint density at radius 3 is 2.41 bits per heavy atom. The van der Waals surface area contributed by atoms with Crippen molar-refractivity contribution in [1.82, 2.24) is 15.6 Å². The number of sulfonamides is 1. The Hall–Kier alpha value is -4.22. The number of fused-ring (bicyclic) bond motifs is 1. The highest BCUT2D eigenvalue weighted by molar-refractivity contribution is 7.92. The normalized spacial score (nSPS) is 14.5. The van der Waals surface area contributed by atoms with Crippen LogP contribution in [0, 0.1) is 12.8 Å². The van der Waals surface area contributed by atoms with E-state index in [0.29, 0.717) is 41.8 Å². The van der Waals surface area contributed by atoms with Gasteiger partial charge in [0.05, 0.1) is 29.9 Å². The van der Waals surface area contributed by atoms with Crippen molar-refractivity contribution < 1.29 is 27.5 Å². The van der Waals surface area contributed by atoms with Gasteiger partial charge in [-0.1, -0.05) is 67.1 Å². The summed E-state index contributed by atoms with van der Waals surface area (Å²) in [4.78, 5) is 30.9. The summed E-state index contributed by atoms with van der Waals surface area (Å²) in [5, 5.41) is 16.0. The van der Waals surface area contributed by atoms with E-state index >= 15 is 0 Å². The highest BCUT2D eigenvalue weighted by Crippen LogP contribution is 2.46. The third-order valence-electron chi connectivity index (χ3n) is 8.45. The highest BCUT2D eigenvalue weighted by Gasteiger charge is 2.34. The van der Waals surface area contributed by atoms with Gasteiger partial charge in [-0.05, 0) is 62.1 Å². The van der Waals surface area contributed by atoms with E-state index in [2.05, 4.69) is 10.6 Å². The van der Waals surface area contributed by atoms with Gasteiger partial charge in [0.25, 0.3) is 5.91 Å². The molecule has 10 nitrogen and oxygen atoms in total. The van der Waals surface area contributed by atoms with E-state index in [4.69, 9.17) is 9.40 Å². The molecule has 5 rings (SSSR count). The fourth-order valence-corrected chi connectivity index (χ4v) is 6.61. The van der Waals surface area contributed by atoms with Crippen LogP contribution < -0.4 is 14.9 Å². The quantitative estimate of drug-likeness (QED) is 0.176. The molecule has 2 heterocycles. The topological polar surface area (TPSA) is 142 Å². The van der Waals surface area contributed by atoms with Gasteiger partial charge in [-0.15, -0.1) is 0 Å². The van der Waals surface area contributed by atoms with Crippen LogP contribution in [0.15, 0.2) is 65.1 Å². The molecule has 1 fully saturated rings. The number of hydrogen-bond acceptors (Lipinski definition) is 7. The zero-order chi connectivity index (χ0) is 33.0. The second kappa shape index (κ2) is 14.0. The van der Waals surface area contributed by atoms with Crippen LogP contribution >= 0.6 is 0 Å². The second-order valence-corrected chi connectivity index (χ2v) is 14.1. The van der Waals surface area contributed by atoms with Crippen LogP contribution in [0.25, 0.3) is 22.4 Å². The van der Waals surface area contributed by atoms with Crippen LogP contribution in [0.1, 0.15) is 65.6 Å². The molecule has 4 aromatic rings. The van der Waals surface area contributed by atoms with Crippen molar-refractivity contribution in [3.63, 3.8) is 0 Å². The summed E-state index contributed by atoms with van der Waals surface area (Å²) in [6, 6.07) is 18.7. The molecule has 11 heteroatoms. The molecule has 2 aromatic carbocycles. The standard InChI is InChI=1S/C35H42N4O6S/c1-22-12-14-26(15-13-22)31-30(34(42)36-3)29-20-28(25-16-17-25)32(38-35(29)45-31)39(46(4,43)44)18-8-9-23(2)33(41)37-27(21-40)19-24-10-6-5-7-11-24/h5-7,10-15,20,23,25,27,40H,8-9,16-19,21H2,1-4H3,(H,36,42)(H,37,41)/t23-,27-/m1/s1. The van der Waals surface area contributed by atoms with Gasteiger partial charge in [0.15, 0.2) is 0 Å². The predicted octanol–water partition coefficient (Wildman–Crippen LogP) is 4.94. The van der Waals surface area contributed by atoms with E-state index in [1.165, 1.54) is 4.31 Å². The van der Waals surface area contributed by atoms with Crippen molar-refractivity contribution >= 4 is 38.8 Å². The number of anilines is 1. The summed E-state index contributed by atoms with van der Waals surface area (Å²) in [7, 11) is -2.20. The minimum atomic E-state index is -3.76. The van der Waals surface area contributed by atoms with Crippen LogP contribution in [0.4, 0.5) is 5.82 Å². The van der Waals surface area contributed by atoms with Crippen LogP contribution in [-0.4, -0.2) is 62.8 Å². The van der Waals surface area contributed by atoms with Crippen molar-refractivity contribution in [3.05, 3.63) is 82.9 Å². The zero-order valence-corrected chi connectivity index (χ0v) is 27.6. The minimum absolute atomic E-state index is 0.121. The average molecular weight is 647 g/mol. The summed E-state index contributed by atoms with van der Waals surface area (Å²) in [5.74, 6) is -0.117. The van der Waals surface area contributed by atoms with E-state index in [1.54, 1.807) is 14.0 Å². The van der Waals surface area contributed by atoms with Crippen LogP contribution in [0.5, 0.6) is 0 Å². The first-order valence-electron chi connectivity index (χ1n) is 15.7. The lowest BCUT2D eigenvalue weighted by molar-refractivity contribution is -0.125. The largest absolute Gasteiger partial charge is 0.437 e. The molecule has 0 unspecified atom stereocenters. The minimum Gasteiger partial charge on any atom is -0.437 e. The van der Waals surface area contributed by atoms with Gasteiger partial charge in [0.2, 0.25) is 21.6 Å². The van der Waals surface area contributed by atoms with Crippen molar-refractivity contribution in [1.29, 1.82) is 0 Å². The number of hydrogen-bond donors (Lipinski definition) is 3. The van der Waals surface area contributed by atoms with Gasteiger partial charge < -0.3 is 20.2 Å². The molecule has 0 spiro atoms. The maximum absolute atomic E-state index is 13.2. The monoisotopic (exact) mass is 646 g/mol. The molecule has 0 aliphatic heterocycles. The fraction of sp³-hybridized carbons (Fsp3) is 0.400. The van der Waals surface area contributed by atoms with Crippen molar-refractivity contribution in [2.45, 2.75) is 57.9 Å². The van der Waals surface area contributed by atoms with Crippen molar-refractivity contribution in [3.8, 4) is 11.3 Å². The number of aliphatic hydroxyl groups is 1. The molecule has 1 aliphatic carbocycles. The third-order valence-corrected chi connectivity index (χ3v) is 9.61. The number of nitrogens with one attached hydrogen (secondary N) is 2. The van der Waals surface area contributed by atoms with Crippen LogP contribution in [0.2, 0.25) is 0 Å². The van der Waals surface area contributed by atoms with Crippen molar-refractivity contribution in [2.75, 3.05) is 30.8 Å². The van der Waals surface area contributed by atoms with Gasteiger partial charge in [0, 0.05) is 25.1 Å². The van der Waals surface area contributed by atoms with Crippen LogP contribution in [-0.2, 0) is 21.2 Å². The van der Waals surface area contributed by atoms with Gasteiger partial charge in [-0.2, -0.15) is 4.98 Å². The van der Waals surface area contributed by atoms with Gasteiger partial charge in [0.1, 0.15) is 11.6 Å². The first kappa shape index (κ1) is 33.2. The number of aryl methyl sites for hydroxylation is 1. The number of furan rings is 1. The van der Waals surface area contributed by atoms with Gasteiger partial charge in [-0.3, -0.25) is 13.9 Å². The lowest BCUT2D eigenvalue weighted by Crippen LogP contribution is -2.42. The molecule has 0 saturated heterocycles. The average Bonchev–Trinajstić information content (AvgIpc) is 3.82. The number of aromatic nitrogens is 1. The van der Waals surface area contributed by atoms with E-state index in [0.717, 1.165) is 41.4 Å². The summed E-state index contributed by atoms with van der Waals surface area (Å²) >= 11 is 0. The van der Waals surface area contributed by atoms with Gasteiger partial charge >= 0.3 is 0 Å². The number of amides is 2. The summed E-state index contributed by atoms with van der Waals surface area (Å²) in [6.45, 7) is 3.71. The summed E-state index contributed by atoms with van der Waals surface area (Å²) in [5.41, 5.74) is 4.10. The highest BCUT2D eigenvalue weighted by atomic mass is 32.2. The Morgan fingerprint density at radius 1 is 1.11 bits per heavy atom. The predicted molar refractivity (Wildman–Crippen MR) is 179 cm³/mol. The molecule has 2 aromatic heterocycles. The summed E-state index contributed by atoms with van der Waals surface area (Å²) < 4.78 is 33.9. The Balaban J connectivity index is 1.39. The maximum atomic E-state index is 13.2. The third kappa shape index (κ3) is 7.59. The second-order valence-electron chi connectivity index (χ2n) is 12.2. The lowest BCUT2D eigenvalue weighted by Gasteiger charge is -2.25. The van der Waals surface area contributed by atoms with Gasteiger partial charge in [-0.25, -0.2) is 8.42 Å². The number of rotatable bonds is 14. The molecule has 1 saturated carbocycles. The molecule has 2 atom stereocenters. The SMILES string of the molecule is CNC(=O)c1c(-c2ccc(C)cc2)oc2nc(N(CCC[C@@H](C)C(=O)N[C@@H](CO)Cc3ccccc3)S(C)(=O)=O)c(C3CC3)cc12. The molecule has 3 N–H and O–H groups in total. The Kier molecular flexibility index (Phi) is 10.1. The molecule has 244 valence electrons. The van der Waals surface area contributed by atoms with E-state index in [1.807, 2.05) is 67.6 Å². The molecule has 2 amide bonds. The number of nitrogens with zero attached hydrogens (tertiary/aromatic N) is 2. The van der Waals surface area contributed by atoms with E-state index < -0.39 is 22.0 Å². The molecular formula is C35H42N4O6S. The lowest BCUT2D eigenvalue weighted by atomic mass is 10.0. The molecule has 0 radical (unpaired) electrons. The molecule has 46 heavy (non-hydrogen) atoms. The Morgan fingerprint density at radius 2 is 1.80 bits per heavy atom. The Bertz CT molecular complexity index is 1800. The fourth-order valence-electron chi connectivity index (χ4n) is 5.69. The van der Waals surface area contributed by atoms with Crippen molar-refractivity contribution in [2.24, 2.45) is 5.92 Å². The number of aliphatic hydroxyl groups excluding tert-OH is 1. The van der Waals surface area contributed by atoms with E-state index in [9.17, 15) is 23.1 Å².